The van der Waals surface area contributed by atoms with Crippen molar-refractivity contribution in [1.82, 2.24) is 0 Å². The van der Waals surface area contributed by atoms with Gasteiger partial charge in [0.25, 0.3) is 11.6 Å². The number of nitrogens with zero attached hydrogens (tertiary/aromatic N) is 2. The van der Waals surface area contributed by atoms with Gasteiger partial charge in [0.05, 0.1) is 42.2 Å². The Morgan fingerprint density at radius 2 is 1.88 bits per heavy atom. The average molecular weight is 486 g/mol. The van der Waals surface area contributed by atoms with Crippen molar-refractivity contribution in [2.24, 2.45) is 0 Å². The number of rotatable bonds is 6. The lowest BCUT2D eigenvalue weighted by Crippen LogP contribution is -2.36. The van der Waals surface area contributed by atoms with E-state index in [9.17, 15) is 19.7 Å². The van der Waals surface area contributed by atoms with Crippen LogP contribution in [0.1, 0.15) is 20.9 Å². The zero-order valence-electron chi connectivity index (χ0n) is 18.1. The summed E-state index contributed by atoms with van der Waals surface area (Å²) in [7, 11) is 1.28. The molecule has 2 aromatic carbocycles. The monoisotopic (exact) mass is 485 g/mol. The van der Waals surface area contributed by atoms with Crippen LogP contribution in [0.2, 0.25) is 5.02 Å². The molecule has 0 unspecified atom stereocenters. The van der Waals surface area contributed by atoms with E-state index in [0.29, 0.717) is 37.6 Å². The van der Waals surface area contributed by atoms with Crippen molar-refractivity contribution < 1.29 is 28.4 Å². The molecule has 176 valence electrons. The van der Waals surface area contributed by atoms with Crippen LogP contribution in [-0.2, 0) is 9.47 Å². The van der Waals surface area contributed by atoms with E-state index in [1.54, 1.807) is 24.3 Å². The molecule has 0 aliphatic carbocycles. The average Bonchev–Trinajstić information content (AvgIpc) is 3.35. The van der Waals surface area contributed by atoms with Crippen LogP contribution in [0.25, 0.3) is 11.3 Å². The minimum Gasteiger partial charge on any atom is -0.465 e. The summed E-state index contributed by atoms with van der Waals surface area (Å²) in [4.78, 5) is 37.6. The SMILES string of the molecule is COC(=O)c1ccc(N2CCOCC2)c(NC(=O)c2ccc(-c3ccc(Cl)c([N+](=O)[O-])c3)o2)c1. The molecule has 0 saturated carbocycles. The predicted molar refractivity (Wildman–Crippen MR) is 125 cm³/mol. The number of furan rings is 1. The molecule has 4 rings (SSSR count). The Hall–Kier alpha value is -3.89. The smallest absolute Gasteiger partial charge is 0.337 e. The van der Waals surface area contributed by atoms with Crippen molar-refractivity contribution in [1.29, 1.82) is 0 Å². The molecular weight excluding hydrogens is 466 g/mol. The van der Waals surface area contributed by atoms with E-state index < -0.39 is 16.8 Å². The standard InChI is InChI=1S/C23H20ClN3O7/c1-32-23(29)15-3-5-18(26-8-10-33-11-9-26)17(12-15)25-22(28)21-7-6-20(34-21)14-2-4-16(24)19(13-14)27(30)31/h2-7,12-13H,8-11H2,1H3,(H,25,28). The summed E-state index contributed by atoms with van der Waals surface area (Å²) in [5.41, 5.74) is 1.55. The molecule has 0 atom stereocenters. The van der Waals surface area contributed by atoms with Crippen LogP contribution in [0.4, 0.5) is 17.1 Å². The Labute approximate surface area is 199 Å². The summed E-state index contributed by atoms with van der Waals surface area (Å²) >= 11 is 5.87. The van der Waals surface area contributed by atoms with E-state index in [1.165, 1.54) is 31.4 Å². The predicted octanol–water partition coefficient (Wildman–Crippen LogP) is 4.38. The third kappa shape index (κ3) is 4.87. The van der Waals surface area contributed by atoms with Crippen molar-refractivity contribution in [3.05, 3.63) is 75.0 Å². The summed E-state index contributed by atoms with van der Waals surface area (Å²) < 4.78 is 15.8. The first-order valence-corrected chi connectivity index (χ1v) is 10.7. The van der Waals surface area contributed by atoms with Gasteiger partial charge in [-0.25, -0.2) is 4.79 Å². The molecule has 1 aliphatic rings. The maximum atomic E-state index is 13.0. The number of methoxy groups -OCH3 is 1. The number of carbonyl (C=O) groups excluding carboxylic acids is 2. The fraction of sp³-hybridized carbons (Fsp3) is 0.217. The highest BCUT2D eigenvalue weighted by molar-refractivity contribution is 6.32. The normalized spacial score (nSPS) is 13.4. The van der Waals surface area contributed by atoms with Gasteiger partial charge >= 0.3 is 5.97 Å². The molecule has 2 heterocycles. The van der Waals surface area contributed by atoms with Gasteiger partial charge in [0.1, 0.15) is 10.8 Å². The summed E-state index contributed by atoms with van der Waals surface area (Å²) in [6, 6.07) is 12.1. The fourth-order valence-electron chi connectivity index (χ4n) is 3.57. The van der Waals surface area contributed by atoms with Crippen LogP contribution >= 0.6 is 11.6 Å². The van der Waals surface area contributed by atoms with Crippen molar-refractivity contribution >= 4 is 40.5 Å². The molecule has 0 bridgehead atoms. The second kappa shape index (κ2) is 9.94. The maximum Gasteiger partial charge on any atom is 0.337 e. The summed E-state index contributed by atoms with van der Waals surface area (Å²) in [5, 5.41) is 14.0. The van der Waals surface area contributed by atoms with E-state index in [-0.39, 0.29) is 27.8 Å². The van der Waals surface area contributed by atoms with Crippen molar-refractivity contribution in [2.45, 2.75) is 0 Å². The van der Waals surface area contributed by atoms with Gasteiger partial charge in [-0.05, 0) is 42.5 Å². The quantitative estimate of drug-likeness (QED) is 0.310. The Bertz CT molecular complexity index is 1250. The summed E-state index contributed by atoms with van der Waals surface area (Å²) in [5.74, 6) is -0.828. The molecule has 3 aromatic rings. The van der Waals surface area contributed by atoms with Crippen molar-refractivity contribution in [2.75, 3.05) is 43.6 Å². The number of anilines is 2. The highest BCUT2D eigenvalue weighted by Gasteiger charge is 2.21. The minimum atomic E-state index is -0.593. The Morgan fingerprint density at radius 3 is 2.59 bits per heavy atom. The first-order valence-electron chi connectivity index (χ1n) is 10.3. The zero-order chi connectivity index (χ0) is 24.2. The highest BCUT2D eigenvalue weighted by atomic mass is 35.5. The Kier molecular flexibility index (Phi) is 6.80. The van der Waals surface area contributed by atoms with Gasteiger partial charge in [0.15, 0.2) is 5.76 Å². The van der Waals surface area contributed by atoms with Gasteiger partial charge in [0.2, 0.25) is 0 Å². The number of ether oxygens (including phenoxy) is 2. The number of nitrogens with one attached hydrogen (secondary N) is 1. The van der Waals surface area contributed by atoms with E-state index in [0.717, 1.165) is 5.69 Å². The van der Waals surface area contributed by atoms with Gasteiger partial charge < -0.3 is 24.1 Å². The second-order valence-electron chi connectivity index (χ2n) is 7.36. The molecule has 1 amide bonds. The fourth-order valence-corrected chi connectivity index (χ4v) is 3.75. The molecule has 0 spiro atoms. The molecular formula is C23H20ClN3O7. The molecule has 11 heteroatoms. The molecule has 1 N–H and O–H groups in total. The minimum absolute atomic E-state index is 0.000553. The van der Waals surface area contributed by atoms with Crippen LogP contribution in [0.5, 0.6) is 0 Å². The molecule has 1 fully saturated rings. The number of carbonyl (C=O) groups is 2. The third-order valence-electron chi connectivity index (χ3n) is 5.27. The highest BCUT2D eigenvalue weighted by Crippen LogP contribution is 2.32. The van der Waals surface area contributed by atoms with E-state index in [1.807, 2.05) is 4.90 Å². The van der Waals surface area contributed by atoms with Gasteiger partial charge in [-0.3, -0.25) is 14.9 Å². The van der Waals surface area contributed by atoms with E-state index in [2.05, 4.69) is 5.32 Å². The molecule has 10 nitrogen and oxygen atoms in total. The second-order valence-corrected chi connectivity index (χ2v) is 7.77. The number of hydrogen-bond acceptors (Lipinski definition) is 8. The molecule has 34 heavy (non-hydrogen) atoms. The maximum absolute atomic E-state index is 13.0. The number of morpholine rings is 1. The zero-order valence-corrected chi connectivity index (χ0v) is 18.8. The Morgan fingerprint density at radius 1 is 1.12 bits per heavy atom. The largest absolute Gasteiger partial charge is 0.465 e. The number of benzene rings is 2. The van der Waals surface area contributed by atoms with Crippen LogP contribution in [0.3, 0.4) is 0 Å². The molecule has 0 radical (unpaired) electrons. The van der Waals surface area contributed by atoms with E-state index >= 15 is 0 Å². The van der Waals surface area contributed by atoms with Gasteiger partial charge in [-0.1, -0.05) is 11.6 Å². The van der Waals surface area contributed by atoms with E-state index in [4.69, 9.17) is 25.5 Å². The van der Waals surface area contributed by atoms with Crippen molar-refractivity contribution in [3.63, 3.8) is 0 Å². The lowest BCUT2D eigenvalue weighted by atomic mass is 10.1. The van der Waals surface area contributed by atoms with Crippen LogP contribution in [0.15, 0.2) is 52.9 Å². The number of halogens is 1. The molecule has 1 saturated heterocycles. The van der Waals surface area contributed by atoms with Crippen LogP contribution in [-0.4, -0.2) is 50.2 Å². The number of nitro benzene ring substituents is 1. The number of hydrogen-bond donors (Lipinski definition) is 1. The third-order valence-corrected chi connectivity index (χ3v) is 5.59. The van der Waals surface area contributed by atoms with Gasteiger partial charge in [0, 0.05) is 24.7 Å². The number of amides is 1. The van der Waals surface area contributed by atoms with Crippen LogP contribution < -0.4 is 10.2 Å². The van der Waals surface area contributed by atoms with Crippen molar-refractivity contribution in [3.8, 4) is 11.3 Å². The van der Waals surface area contributed by atoms with Crippen LogP contribution in [0, 0.1) is 10.1 Å². The molecule has 1 aliphatic heterocycles. The Balaban J connectivity index is 1.61. The first-order chi connectivity index (χ1) is 16.4. The topological polar surface area (TPSA) is 124 Å². The first kappa shape index (κ1) is 23.3. The lowest BCUT2D eigenvalue weighted by molar-refractivity contribution is -0.384. The van der Waals surface area contributed by atoms with Gasteiger partial charge in [-0.2, -0.15) is 0 Å². The number of nitro groups is 1. The lowest BCUT2D eigenvalue weighted by Gasteiger charge is -2.30. The number of esters is 1. The summed E-state index contributed by atoms with van der Waals surface area (Å²) in [6.07, 6.45) is 0. The molecule has 1 aromatic heterocycles. The van der Waals surface area contributed by atoms with Gasteiger partial charge in [-0.15, -0.1) is 0 Å². The summed E-state index contributed by atoms with van der Waals surface area (Å²) in [6.45, 7) is 2.34.